The highest BCUT2D eigenvalue weighted by Gasteiger charge is 2.34. The molecule has 0 amide bonds. The molecular weight excluding hydrogens is 224 g/mol. The van der Waals surface area contributed by atoms with Gasteiger partial charge in [-0.3, -0.25) is 0 Å². The maximum atomic E-state index is 5.93. The fourth-order valence-corrected chi connectivity index (χ4v) is 3.36. The first-order valence-corrected chi connectivity index (χ1v) is 7.06. The second-order valence-corrected chi connectivity index (χ2v) is 5.29. The average Bonchev–Trinajstić information content (AvgIpc) is 2.46. The maximum Gasteiger partial charge on any atom is 0.0779 e. The summed E-state index contributed by atoms with van der Waals surface area (Å²) in [6.45, 7) is 2.46. The van der Waals surface area contributed by atoms with Gasteiger partial charge in [0.05, 0.1) is 18.8 Å². The average molecular weight is 246 g/mol. The Hall–Kier alpha value is -1.06. The maximum absolute atomic E-state index is 5.93. The second kappa shape index (κ2) is 5.29. The van der Waals surface area contributed by atoms with Crippen LogP contribution in [0.1, 0.15) is 31.2 Å². The van der Waals surface area contributed by atoms with Crippen molar-refractivity contribution >= 4 is 5.69 Å². The normalized spacial score (nSPS) is 27.9. The van der Waals surface area contributed by atoms with Crippen LogP contribution >= 0.6 is 0 Å². The smallest absolute Gasteiger partial charge is 0.0779 e. The Morgan fingerprint density at radius 3 is 2.94 bits per heavy atom. The van der Waals surface area contributed by atoms with Crippen molar-refractivity contribution in [3.63, 3.8) is 0 Å². The molecule has 2 aliphatic rings. The Morgan fingerprint density at radius 2 is 2.06 bits per heavy atom. The Bertz CT molecular complexity index is 405. The standard InChI is InChI=1S/C15H22N2O/c16-11-12-5-1-2-6-13(12)17-9-10-18-15-8-4-3-7-14(15)17/h1-2,5-6,14-15H,3-4,7-11,16H2. The van der Waals surface area contributed by atoms with E-state index in [0.717, 1.165) is 13.2 Å². The van der Waals surface area contributed by atoms with Crippen molar-refractivity contribution in [1.82, 2.24) is 0 Å². The van der Waals surface area contributed by atoms with Gasteiger partial charge >= 0.3 is 0 Å². The van der Waals surface area contributed by atoms with Gasteiger partial charge in [-0.05, 0) is 24.5 Å². The van der Waals surface area contributed by atoms with Crippen LogP contribution in [-0.4, -0.2) is 25.3 Å². The van der Waals surface area contributed by atoms with Gasteiger partial charge in [-0.1, -0.05) is 31.0 Å². The Balaban J connectivity index is 1.89. The van der Waals surface area contributed by atoms with Crippen molar-refractivity contribution in [2.45, 2.75) is 44.4 Å². The molecule has 0 aromatic heterocycles. The summed E-state index contributed by atoms with van der Waals surface area (Å²) >= 11 is 0. The van der Waals surface area contributed by atoms with Gasteiger partial charge in [0, 0.05) is 18.8 Å². The van der Waals surface area contributed by atoms with Gasteiger partial charge in [0.1, 0.15) is 0 Å². The van der Waals surface area contributed by atoms with Gasteiger partial charge < -0.3 is 15.4 Å². The highest BCUT2D eigenvalue weighted by atomic mass is 16.5. The molecule has 1 heterocycles. The third-order valence-corrected chi connectivity index (χ3v) is 4.25. The zero-order valence-electron chi connectivity index (χ0n) is 10.8. The molecule has 0 bridgehead atoms. The first kappa shape index (κ1) is 12.0. The molecule has 3 nitrogen and oxygen atoms in total. The van der Waals surface area contributed by atoms with E-state index in [2.05, 4.69) is 29.2 Å². The van der Waals surface area contributed by atoms with E-state index in [4.69, 9.17) is 10.5 Å². The van der Waals surface area contributed by atoms with Gasteiger partial charge in [-0.2, -0.15) is 0 Å². The van der Waals surface area contributed by atoms with E-state index >= 15 is 0 Å². The molecule has 2 atom stereocenters. The number of benzene rings is 1. The molecule has 1 saturated heterocycles. The minimum atomic E-state index is 0.429. The highest BCUT2D eigenvalue weighted by Crippen LogP contribution is 2.33. The highest BCUT2D eigenvalue weighted by molar-refractivity contribution is 5.55. The topological polar surface area (TPSA) is 38.5 Å². The Morgan fingerprint density at radius 1 is 1.22 bits per heavy atom. The van der Waals surface area contributed by atoms with E-state index in [-0.39, 0.29) is 0 Å². The van der Waals surface area contributed by atoms with Crippen LogP contribution in [0.2, 0.25) is 0 Å². The van der Waals surface area contributed by atoms with Crippen LogP contribution in [0.5, 0.6) is 0 Å². The summed E-state index contributed by atoms with van der Waals surface area (Å²) in [6, 6.07) is 9.09. The number of rotatable bonds is 2. The van der Waals surface area contributed by atoms with Crippen LogP contribution in [0.25, 0.3) is 0 Å². The van der Waals surface area contributed by atoms with Crippen molar-refractivity contribution in [3.05, 3.63) is 29.8 Å². The lowest BCUT2D eigenvalue weighted by molar-refractivity contribution is -0.00873. The first-order chi connectivity index (χ1) is 8.90. The number of hydrogen-bond acceptors (Lipinski definition) is 3. The molecule has 0 spiro atoms. The molecule has 1 aromatic carbocycles. The fraction of sp³-hybridized carbons (Fsp3) is 0.600. The number of ether oxygens (including phenoxy) is 1. The van der Waals surface area contributed by atoms with Crippen LogP contribution < -0.4 is 10.6 Å². The third-order valence-electron chi connectivity index (χ3n) is 4.25. The van der Waals surface area contributed by atoms with Crippen molar-refractivity contribution in [2.75, 3.05) is 18.1 Å². The molecule has 2 unspecified atom stereocenters. The fourth-order valence-electron chi connectivity index (χ4n) is 3.36. The predicted molar refractivity (Wildman–Crippen MR) is 73.7 cm³/mol. The summed E-state index contributed by atoms with van der Waals surface area (Å²) in [6.07, 6.45) is 5.54. The Kier molecular flexibility index (Phi) is 3.52. The quantitative estimate of drug-likeness (QED) is 0.870. The molecule has 2 N–H and O–H groups in total. The van der Waals surface area contributed by atoms with Gasteiger partial charge in [-0.25, -0.2) is 0 Å². The molecule has 1 aliphatic heterocycles. The van der Waals surface area contributed by atoms with E-state index in [1.165, 1.54) is 36.9 Å². The van der Waals surface area contributed by atoms with Gasteiger partial charge in [0.15, 0.2) is 0 Å². The summed E-state index contributed by atoms with van der Waals surface area (Å²) in [4.78, 5) is 2.54. The van der Waals surface area contributed by atoms with Gasteiger partial charge in [0.2, 0.25) is 0 Å². The molecule has 1 aromatic rings. The number of nitrogens with zero attached hydrogens (tertiary/aromatic N) is 1. The number of fused-ring (bicyclic) bond motifs is 1. The van der Waals surface area contributed by atoms with Crippen molar-refractivity contribution < 1.29 is 4.74 Å². The van der Waals surface area contributed by atoms with E-state index in [9.17, 15) is 0 Å². The summed E-state index contributed by atoms with van der Waals surface area (Å²) in [7, 11) is 0. The van der Waals surface area contributed by atoms with Crippen LogP contribution in [-0.2, 0) is 11.3 Å². The van der Waals surface area contributed by atoms with Crippen molar-refractivity contribution in [3.8, 4) is 0 Å². The number of anilines is 1. The predicted octanol–water partition coefficient (Wildman–Crippen LogP) is 2.29. The number of hydrogen-bond donors (Lipinski definition) is 1. The monoisotopic (exact) mass is 246 g/mol. The number of nitrogens with two attached hydrogens (primary N) is 1. The molecule has 2 fully saturated rings. The molecule has 1 saturated carbocycles. The van der Waals surface area contributed by atoms with Gasteiger partial charge in [-0.15, -0.1) is 0 Å². The molecule has 98 valence electrons. The molecule has 0 radical (unpaired) electrons. The van der Waals surface area contributed by atoms with Crippen molar-refractivity contribution in [1.29, 1.82) is 0 Å². The van der Waals surface area contributed by atoms with E-state index in [1.807, 2.05) is 0 Å². The van der Waals surface area contributed by atoms with E-state index < -0.39 is 0 Å². The summed E-state index contributed by atoms with van der Waals surface area (Å²) < 4.78 is 5.93. The third kappa shape index (κ3) is 2.13. The SMILES string of the molecule is NCc1ccccc1N1CCOC2CCCCC21. The van der Waals surface area contributed by atoms with E-state index in [0.29, 0.717) is 18.7 Å². The minimum absolute atomic E-state index is 0.429. The largest absolute Gasteiger partial charge is 0.374 e. The zero-order valence-corrected chi connectivity index (χ0v) is 10.8. The van der Waals surface area contributed by atoms with Crippen LogP contribution in [0.15, 0.2) is 24.3 Å². The van der Waals surface area contributed by atoms with Crippen molar-refractivity contribution in [2.24, 2.45) is 5.73 Å². The van der Waals surface area contributed by atoms with Crippen LogP contribution in [0, 0.1) is 0 Å². The lowest BCUT2D eigenvalue weighted by atomic mass is 9.89. The lowest BCUT2D eigenvalue weighted by Crippen LogP contribution is -2.53. The summed E-state index contributed by atoms with van der Waals surface area (Å²) in [5.41, 5.74) is 8.44. The van der Waals surface area contributed by atoms with Gasteiger partial charge in [0.25, 0.3) is 0 Å². The molecular formula is C15H22N2O. The minimum Gasteiger partial charge on any atom is -0.374 e. The van der Waals surface area contributed by atoms with E-state index in [1.54, 1.807) is 0 Å². The molecule has 18 heavy (non-hydrogen) atoms. The lowest BCUT2D eigenvalue weighted by Gasteiger charge is -2.45. The Labute approximate surface area is 109 Å². The van der Waals surface area contributed by atoms with Crippen LogP contribution in [0.4, 0.5) is 5.69 Å². The second-order valence-electron chi connectivity index (χ2n) is 5.29. The zero-order chi connectivity index (χ0) is 12.4. The van der Waals surface area contributed by atoms with Crippen LogP contribution in [0.3, 0.4) is 0 Å². The molecule has 1 aliphatic carbocycles. The number of para-hydroxylation sites is 1. The molecule has 3 heteroatoms. The summed E-state index contributed by atoms with van der Waals surface area (Å²) in [5, 5.41) is 0. The summed E-state index contributed by atoms with van der Waals surface area (Å²) in [5.74, 6) is 0. The molecule has 3 rings (SSSR count). The number of morpholine rings is 1. The first-order valence-electron chi connectivity index (χ1n) is 7.06.